The first-order chi connectivity index (χ1) is 6.37. The van der Waals surface area contributed by atoms with Crippen molar-refractivity contribution in [3.8, 4) is 0 Å². The Morgan fingerprint density at radius 1 is 1.29 bits per heavy atom. The molecule has 0 bridgehead atoms. The van der Waals surface area contributed by atoms with Crippen LogP contribution in [0.1, 0.15) is 40.0 Å². The zero-order chi connectivity index (χ0) is 11.2. The van der Waals surface area contributed by atoms with Crippen LogP contribution in [0.5, 0.6) is 0 Å². The summed E-state index contributed by atoms with van der Waals surface area (Å²) in [6, 6.07) is 0. The highest BCUT2D eigenvalue weighted by Crippen LogP contribution is 2.17. The summed E-state index contributed by atoms with van der Waals surface area (Å²) in [5, 5.41) is 0. The van der Waals surface area contributed by atoms with Gasteiger partial charge in [0.15, 0.2) is 0 Å². The quantitative estimate of drug-likeness (QED) is 0.714. The first kappa shape index (κ1) is 13.9. The molecule has 86 valence electrons. The maximum Gasteiger partial charge on any atom is 0.208 e. The monoisotopic (exact) mass is 221 g/mol. The van der Waals surface area contributed by atoms with E-state index in [0.29, 0.717) is 18.4 Å². The van der Waals surface area contributed by atoms with E-state index in [1.165, 1.54) is 19.1 Å². The van der Waals surface area contributed by atoms with E-state index in [2.05, 4.69) is 25.5 Å². The van der Waals surface area contributed by atoms with Gasteiger partial charge in [0.05, 0.1) is 6.26 Å². The Balaban J connectivity index is 3.97. The molecule has 1 N–H and O–H groups in total. The minimum absolute atomic E-state index is 0.463. The van der Waals surface area contributed by atoms with E-state index in [4.69, 9.17) is 0 Å². The SMILES string of the molecule is CCCC[C@H](CNS(C)(=O)=O)C(C)C. The second-order valence-electron chi connectivity index (χ2n) is 4.27. The Bertz CT molecular complexity index is 235. The van der Waals surface area contributed by atoms with Gasteiger partial charge in [-0.25, -0.2) is 13.1 Å². The van der Waals surface area contributed by atoms with Crippen LogP contribution < -0.4 is 4.72 Å². The minimum atomic E-state index is -3.03. The van der Waals surface area contributed by atoms with Gasteiger partial charge in [-0.15, -0.1) is 0 Å². The standard InChI is InChI=1S/C10H23NO2S/c1-5-6-7-10(9(2)3)8-11-14(4,12)13/h9-11H,5-8H2,1-4H3/t10-/m1/s1. The van der Waals surface area contributed by atoms with E-state index < -0.39 is 10.0 Å². The van der Waals surface area contributed by atoms with Crippen molar-refractivity contribution in [1.82, 2.24) is 4.72 Å². The summed E-state index contributed by atoms with van der Waals surface area (Å²) >= 11 is 0. The van der Waals surface area contributed by atoms with Gasteiger partial charge in [0.1, 0.15) is 0 Å². The number of hydrogen-bond donors (Lipinski definition) is 1. The molecule has 0 aliphatic rings. The molecule has 3 nitrogen and oxygen atoms in total. The lowest BCUT2D eigenvalue weighted by Crippen LogP contribution is -2.30. The summed E-state index contributed by atoms with van der Waals surface area (Å²) in [4.78, 5) is 0. The minimum Gasteiger partial charge on any atom is -0.215 e. The molecule has 0 aliphatic carbocycles. The molecule has 14 heavy (non-hydrogen) atoms. The average Bonchev–Trinajstić information content (AvgIpc) is 2.01. The summed E-state index contributed by atoms with van der Waals surface area (Å²) in [5.41, 5.74) is 0. The fraction of sp³-hybridized carbons (Fsp3) is 1.00. The van der Waals surface area contributed by atoms with Crippen LogP contribution in [0.15, 0.2) is 0 Å². The summed E-state index contributed by atoms with van der Waals surface area (Å²) in [5.74, 6) is 1.00. The van der Waals surface area contributed by atoms with E-state index >= 15 is 0 Å². The normalized spacial score (nSPS) is 14.6. The van der Waals surface area contributed by atoms with Crippen molar-refractivity contribution in [1.29, 1.82) is 0 Å². The fourth-order valence-electron chi connectivity index (χ4n) is 1.40. The molecule has 0 fully saturated rings. The molecule has 0 spiro atoms. The van der Waals surface area contributed by atoms with Crippen molar-refractivity contribution in [2.24, 2.45) is 11.8 Å². The van der Waals surface area contributed by atoms with Crippen molar-refractivity contribution in [3.63, 3.8) is 0 Å². The largest absolute Gasteiger partial charge is 0.215 e. The molecular weight excluding hydrogens is 198 g/mol. The van der Waals surface area contributed by atoms with Gasteiger partial charge in [-0.3, -0.25) is 0 Å². The van der Waals surface area contributed by atoms with Gasteiger partial charge in [-0.2, -0.15) is 0 Å². The lowest BCUT2D eigenvalue weighted by Gasteiger charge is -2.20. The van der Waals surface area contributed by atoms with E-state index in [9.17, 15) is 8.42 Å². The Labute approximate surface area is 88.3 Å². The van der Waals surface area contributed by atoms with Crippen LogP contribution in [-0.2, 0) is 10.0 Å². The van der Waals surface area contributed by atoms with Crippen LogP contribution in [0, 0.1) is 11.8 Å². The van der Waals surface area contributed by atoms with Crippen molar-refractivity contribution < 1.29 is 8.42 Å². The van der Waals surface area contributed by atoms with Gasteiger partial charge in [-0.05, 0) is 18.3 Å². The molecule has 4 heteroatoms. The molecule has 0 heterocycles. The van der Waals surface area contributed by atoms with E-state index in [1.807, 2.05) is 0 Å². The van der Waals surface area contributed by atoms with E-state index in [-0.39, 0.29) is 0 Å². The topological polar surface area (TPSA) is 46.2 Å². The molecule has 0 saturated carbocycles. The second-order valence-corrected chi connectivity index (χ2v) is 6.10. The van der Waals surface area contributed by atoms with Crippen molar-refractivity contribution >= 4 is 10.0 Å². The predicted octanol–water partition coefficient (Wildman–Crippen LogP) is 2.00. The zero-order valence-electron chi connectivity index (χ0n) is 9.71. The Kier molecular flexibility index (Phi) is 6.36. The molecule has 0 aromatic rings. The highest BCUT2D eigenvalue weighted by atomic mass is 32.2. The smallest absolute Gasteiger partial charge is 0.208 e. The number of unbranched alkanes of at least 4 members (excludes halogenated alkanes) is 1. The lowest BCUT2D eigenvalue weighted by molar-refractivity contribution is 0.349. The zero-order valence-corrected chi connectivity index (χ0v) is 10.5. The number of sulfonamides is 1. The molecule has 0 rings (SSSR count). The van der Waals surface area contributed by atoms with Crippen LogP contribution in [0.4, 0.5) is 0 Å². The highest BCUT2D eigenvalue weighted by Gasteiger charge is 2.14. The summed E-state index contributed by atoms with van der Waals surface area (Å²) in [6.45, 7) is 7.02. The van der Waals surface area contributed by atoms with Gasteiger partial charge in [0, 0.05) is 6.54 Å². The third-order valence-corrected chi connectivity index (χ3v) is 3.17. The van der Waals surface area contributed by atoms with Crippen molar-refractivity contribution in [2.45, 2.75) is 40.0 Å². The average molecular weight is 221 g/mol. The number of nitrogens with one attached hydrogen (secondary N) is 1. The molecule has 0 aromatic heterocycles. The van der Waals surface area contributed by atoms with Crippen LogP contribution in [-0.4, -0.2) is 21.2 Å². The predicted molar refractivity (Wildman–Crippen MR) is 60.7 cm³/mol. The van der Waals surface area contributed by atoms with Gasteiger partial charge in [0.2, 0.25) is 10.0 Å². The lowest BCUT2D eigenvalue weighted by atomic mass is 9.91. The maximum absolute atomic E-state index is 10.9. The Morgan fingerprint density at radius 2 is 1.86 bits per heavy atom. The third kappa shape index (κ3) is 7.33. The van der Waals surface area contributed by atoms with Crippen LogP contribution >= 0.6 is 0 Å². The third-order valence-electron chi connectivity index (χ3n) is 2.48. The molecule has 0 saturated heterocycles. The van der Waals surface area contributed by atoms with Gasteiger partial charge in [0.25, 0.3) is 0 Å². The molecule has 0 amide bonds. The molecule has 1 atom stereocenters. The Hall–Kier alpha value is -0.0900. The molecule has 0 unspecified atom stereocenters. The summed E-state index contributed by atoms with van der Waals surface area (Å²) < 4.78 is 24.4. The maximum atomic E-state index is 10.9. The van der Waals surface area contributed by atoms with Crippen molar-refractivity contribution in [3.05, 3.63) is 0 Å². The molecular formula is C10H23NO2S. The second kappa shape index (κ2) is 6.40. The molecule has 0 aromatic carbocycles. The van der Waals surface area contributed by atoms with Crippen LogP contribution in [0.25, 0.3) is 0 Å². The highest BCUT2D eigenvalue weighted by molar-refractivity contribution is 7.88. The van der Waals surface area contributed by atoms with E-state index in [0.717, 1.165) is 6.42 Å². The fourth-order valence-corrected chi connectivity index (χ4v) is 1.91. The molecule has 0 radical (unpaired) electrons. The first-order valence-corrected chi connectivity index (χ1v) is 7.20. The van der Waals surface area contributed by atoms with Gasteiger partial charge in [-0.1, -0.05) is 33.6 Å². The number of hydrogen-bond acceptors (Lipinski definition) is 2. The number of rotatable bonds is 7. The first-order valence-electron chi connectivity index (χ1n) is 5.31. The molecule has 0 aliphatic heterocycles. The van der Waals surface area contributed by atoms with Crippen molar-refractivity contribution in [2.75, 3.05) is 12.8 Å². The van der Waals surface area contributed by atoms with E-state index in [1.54, 1.807) is 0 Å². The van der Waals surface area contributed by atoms with Crippen LogP contribution in [0.2, 0.25) is 0 Å². The van der Waals surface area contributed by atoms with Gasteiger partial charge >= 0.3 is 0 Å². The van der Waals surface area contributed by atoms with Crippen LogP contribution in [0.3, 0.4) is 0 Å². The summed E-state index contributed by atoms with van der Waals surface area (Å²) in [6.07, 6.45) is 4.66. The summed E-state index contributed by atoms with van der Waals surface area (Å²) in [7, 11) is -3.03. The van der Waals surface area contributed by atoms with Gasteiger partial charge < -0.3 is 0 Å². The Morgan fingerprint density at radius 3 is 2.21 bits per heavy atom.